The number of hydrogen-bond acceptors (Lipinski definition) is 5. The third-order valence-corrected chi connectivity index (χ3v) is 9.85. The van der Waals surface area contributed by atoms with Gasteiger partial charge in [0, 0.05) is 6.54 Å². The van der Waals surface area contributed by atoms with E-state index in [0.29, 0.717) is 25.7 Å². The second-order valence-electron chi connectivity index (χ2n) is 9.44. The zero-order valence-corrected chi connectivity index (χ0v) is 20.0. The molecule has 2 amide bonds. The summed E-state index contributed by atoms with van der Waals surface area (Å²) in [6, 6.07) is 16.7. The molecular formula is C25H24ClN3O4S. The fraction of sp³-hybridized carbons (Fsp3) is 0.400. The van der Waals surface area contributed by atoms with Crippen molar-refractivity contribution in [1.29, 1.82) is 5.26 Å². The number of nitrogens with zero attached hydrogens (tertiary/aromatic N) is 2. The van der Waals surface area contributed by atoms with Crippen LogP contribution in [0, 0.1) is 11.3 Å². The van der Waals surface area contributed by atoms with Crippen LogP contribution < -0.4 is 5.32 Å². The second kappa shape index (κ2) is 8.10. The van der Waals surface area contributed by atoms with E-state index in [1.54, 1.807) is 12.1 Å². The van der Waals surface area contributed by atoms with Gasteiger partial charge in [0.2, 0.25) is 11.8 Å². The Balaban J connectivity index is 1.48. The largest absolute Gasteiger partial charge is 0.336 e. The highest BCUT2D eigenvalue weighted by Crippen LogP contribution is 2.51. The summed E-state index contributed by atoms with van der Waals surface area (Å²) in [7, 11) is -3.90. The van der Waals surface area contributed by atoms with Crippen molar-refractivity contribution in [2.24, 2.45) is 0 Å². The first-order valence-corrected chi connectivity index (χ1v) is 13.2. The lowest BCUT2D eigenvalue weighted by Crippen LogP contribution is -2.51. The Morgan fingerprint density at radius 1 is 1.03 bits per heavy atom. The SMILES string of the molecule is N#CC1(NC(=O)[C@@H]2C[C@@H](S(=O)(=O)c3ccccc3Cl)CN2C(=O)C2(c3ccccc3)CC2)CC1. The van der Waals surface area contributed by atoms with Crippen molar-refractivity contribution < 1.29 is 18.0 Å². The van der Waals surface area contributed by atoms with Crippen molar-refractivity contribution in [3.8, 4) is 6.07 Å². The molecule has 0 unspecified atom stereocenters. The number of rotatable bonds is 6. The van der Waals surface area contributed by atoms with E-state index in [1.807, 2.05) is 30.3 Å². The second-order valence-corrected chi connectivity index (χ2v) is 12.0. The first-order chi connectivity index (χ1) is 16.2. The number of nitriles is 1. The maximum atomic E-state index is 13.8. The summed E-state index contributed by atoms with van der Waals surface area (Å²) in [5, 5.41) is 11.3. The molecule has 1 N–H and O–H groups in total. The highest BCUT2D eigenvalue weighted by atomic mass is 35.5. The highest BCUT2D eigenvalue weighted by molar-refractivity contribution is 7.92. The molecule has 0 radical (unpaired) electrons. The molecule has 2 aliphatic carbocycles. The van der Waals surface area contributed by atoms with Crippen LogP contribution in [0.2, 0.25) is 5.02 Å². The number of hydrogen-bond donors (Lipinski definition) is 1. The number of nitrogens with one attached hydrogen (secondary N) is 1. The minimum absolute atomic E-state index is 0.00462. The predicted octanol–water partition coefficient (Wildman–Crippen LogP) is 2.99. The summed E-state index contributed by atoms with van der Waals surface area (Å²) in [6.07, 6.45) is 2.34. The molecule has 34 heavy (non-hydrogen) atoms. The lowest BCUT2D eigenvalue weighted by Gasteiger charge is -2.29. The van der Waals surface area contributed by atoms with Crippen LogP contribution in [0.3, 0.4) is 0 Å². The third kappa shape index (κ3) is 3.77. The molecule has 2 aromatic rings. The first-order valence-electron chi connectivity index (χ1n) is 11.3. The zero-order valence-electron chi connectivity index (χ0n) is 18.4. The number of carbonyl (C=O) groups excluding carboxylic acids is 2. The monoisotopic (exact) mass is 497 g/mol. The van der Waals surface area contributed by atoms with Crippen LogP contribution in [0.25, 0.3) is 0 Å². The number of sulfone groups is 1. The maximum absolute atomic E-state index is 13.8. The molecule has 0 aromatic heterocycles. The van der Waals surface area contributed by atoms with Crippen LogP contribution in [0.15, 0.2) is 59.5 Å². The zero-order chi connectivity index (χ0) is 24.1. The average molecular weight is 498 g/mol. The van der Waals surface area contributed by atoms with Gasteiger partial charge in [0.15, 0.2) is 9.84 Å². The summed E-state index contributed by atoms with van der Waals surface area (Å²) >= 11 is 6.19. The molecule has 0 bridgehead atoms. The number of likely N-dealkylation sites (tertiary alicyclic amines) is 1. The highest BCUT2D eigenvalue weighted by Gasteiger charge is 2.58. The van der Waals surface area contributed by atoms with Crippen molar-refractivity contribution in [1.82, 2.24) is 10.2 Å². The molecule has 0 spiro atoms. The first kappa shape index (κ1) is 22.9. The van der Waals surface area contributed by atoms with Crippen LogP contribution in [-0.2, 0) is 24.8 Å². The average Bonchev–Trinajstić information content (AvgIpc) is 3.76. The fourth-order valence-electron chi connectivity index (χ4n) is 4.84. The standard InChI is InChI=1S/C25H24ClN3O4S/c26-19-8-4-5-9-21(19)34(32,33)18-14-20(22(30)28-24(16-27)10-11-24)29(15-18)23(31)25(12-13-25)17-6-2-1-3-7-17/h1-9,18,20H,10-15H2,(H,28,30)/t18-,20+/m1/s1. The van der Waals surface area contributed by atoms with Crippen LogP contribution in [0.1, 0.15) is 37.7 Å². The molecule has 3 fully saturated rings. The van der Waals surface area contributed by atoms with Gasteiger partial charge in [0.25, 0.3) is 0 Å². The molecule has 1 aliphatic heterocycles. The van der Waals surface area contributed by atoms with Crippen molar-refractivity contribution >= 4 is 33.3 Å². The molecule has 1 heterocycles. The number of carbonyl (C=O) groups is 2. The van der Waals surface area contributed by atoms with Gasteiger partial charge in [0.1, 0.15) is 11.6 Å². The van der Waals surface area contributed by atoms with Crippen molar-refractivity contribution in [3.63, 3.8) is 0 Å². The van der Waals surface area contributed by atoms with Crippen molar-refractivity contribution in [3.05, 3.63) is 65.2 Å². The minimum Gasteiger partial charge on any atom is -0.336 e. The van der Waals surface area contributed by atoms with Crippen LogP contribution in [0.5, 0.6) is 0 Å². The quantitative estimate of drug-likeness (QED) is 0.660. The number of halogens is 1. The van der Waals surface area contributed by atoms with Gasteiger partial charge in [-0.2, -0.15) is 5.26 Å². The Morgan fingerprint density at radius 3 is 2.26 bits per heavy atom. The Morgan fingerprint density at radius 2 is 1.68 bits per heavy atom. The van der Waals surface area contributed by atoms with Crippen LogP contribution >= 0.6 is 11.6 Å². The molecule has 9 heteroatoms. The number of benzene rings is 2. The Labute approximate surface area is 203 Å². The fourth-order valence-corrected chi connectivity index (χ4v) is 7.06. The normalized spacial score (nSPS) is 24.2. The summed E-state index contributed by atoms with van der Waals surface area (Å²) in [5.74, 6) is -0.717. The predicted molar refractivity (Wildman–Crippen MR) is 126 cm³/mol. The maximum Gasteiger partial charge on any atom is 0.244 e. The van der Waals surface area contributed by atoms with Gasteiger partial charge in [-0.15, -0.1) is 0 Å². The van der Waals surface area contributed by atoms with Gasteiger partial charge in [-0.1, -0.05) is 54.1 Å². The third-order valence-electron chi connectivity index (χ3n) is 7.22. The van der Waals surface area contributed by atoms with Gasteiger partial charge in [-0.05, 0) is 49.8 Å². The summed E-state index contributed by atoms with van der Waals surface area (Å²) in [4.78, 5) is 28.5. The lowest BCUT2D eigenvalue weighted by atomic mass is 9.94. The van der Waals surface area contributed by atoms with E-state index in [4.69, 9.17) is 11.6 Å². The molecule has 2 aromatic carbocycles. The summed E-state index contributed by atoms with van der Waals surface area (Å²) in [5.41, 5.74) is -0.787. The Bertz CT molecular complexity index is 1300. The number of amides is 2. The van der Waals surface area contributed by atoms with E-state index >= 15 is 0 Å². The van der Waals surface area contributed by atoms with Crippen molar-refractivity contribution in [2.45, 2.75) is 59.2 Å². The molecule has 7 nitrogen and oxygen atoms in total. The molecule has 3 aliphatic rings. The van der Waals surface area contributed by atoms with Gasteiger partial charge >= 0.3 is 0 Å². The van der Waals surface area contributed by atoms with Crippen molar-refractivity contribution in [2.75, 3.05) is 6.54 Å². The lowest BCUT2D eigenvalue weighted by molar-refractivity contribution is -0.140. The molecule has 2 atom stereocenters. The van der Waals surface area contributed by atoms with Crippen LogP contribution in [0.4, 0.5) is 0 Å². The molecule has 5 rings (SSSR count). The van der Waals surface area contributed by atoms with Gasteiger partial charge < -0.3 is 10.2 Å². The van der Waals surface area contributed by atoms with E-state index in [2.05, 4.69) is 11.4 Å². The Hall–Kier alpha value is -2.89. The van der Waals surface area contributed by atoms with E-state index in [-0.39, 0.29) is 28.8 Å². The van der Waals surface area contributed by atoms with E-state index < -0.39 is 38.0 Å². The minimum atomic E-state index is -3.90. The summed E-state index contributed by atoms with van der Waals surface area (Å²) in [6.45, 7) is -0.0986. The van der Waals surface area contributed by atoms with Crippen LogP contribution in [-0.4, -0.2) is 48.5 Å². The van der Waals surface area contributed by atoms with Gasteiger partial charge in [-0.25, -0.2) is 8.42 Å². The molecule has 2 saturated carbocycles. The smallest absolute Gasteiger partial charge is 0.244 e. The van der Waals surface area contributed by atoms with Gasteiger partial charge in [-0.3, -0.25) is 9.59 Å². The molecular weight excluding hydrogens is 474 g/mol. The van der Waals surface area contributed by atoms with Gasteiger partial charge in [0.05, 0.1) is 26.7 Å². The molecule has 176 valence electrons. The Kier molecular flexibility index (Phi) is 5.45. The van der Waals surface area contributed by atoms with E-state index in [0.717, 1.165) is 5.56 Å². The van der Waals surface area contributed by atoms with E-state index in [1.165, 1.54) is 17.0 Å². The van der Waals surface area contributed by atoms with E-state index in [9.17, 15) is 23.3 Å². The summed E-state index contributed by atoms with van der Waals surface area (Å²) < 4.78 is 26.9. The topological polar surface area (TPSA) is 107 Å². The molecule has 1 saturated heterocycles.